The summed E-state index contributed by atoms with van der Waals surface area (Å²) in [7, 11) is -10.4. The highest BCUT2D eigenvalue weighted by Gasteiger charge is 2.47. The summed E-state index contributed by atoms with van der Waals surface area (Å²) in [4.78, 5) is 37.0. The Morgan fingerprint density at radius 1 is 1.26 bits per heavy atom. The lowest BCUT2D eigenvalue weighted by atomic mass is 10.1. The molecule has 0 amide bonds. The molecule has 0 saturated carbocycles. The maximum atomic E-state index is 11.5. The number of hydrogen-bond acceptors (Lipinski definition) is 10. The van der Waals surface area contributed by atoms with E-state index >= 15 is 0 Å². The zero-order valence-corrected chi connectivity index (χ0v) is 15.1. The minimum atomic E-state index is -5.28. The first-order valence-corrected chi connectivity index (χ1v) is 10.3. The SMILES string of the molecule is Nc1ncnc2c1[nH]c[n+]2C1OC(COP(=O)(O)OP(=O)(O)O)C(O)C1O. The summed E-state index contributed by atoms with van der Waals surface area (Å²) in [6, 6.07) is 0. The number of nitrogens with one attached hydrogen (secondary N) is 1. The molecule has 27 heavy (non-hydrogen) atoms. The van der Waals surface area contributed by atoms with E-state index in [1.165, 1.54) is 17.2 Å². The van der Waals surface area contributed by atoms with Crippen molar-refractivity contribution in [3.05, 3.63) is 12.7 Å². The minimum Gasteiger partial charge on any atom is -0.387 e. The zero-order valence-electron chi connectivity index (χ0n) is 13.3. The van der Waals surface area contributed by atoms with Crippen molar-refractivity contribution in [1.82, 2.24) is 15.0 Å². The number of nitrogen functional groups attached to an aromatic ring is 1. The zero-order chi connectivity index (χ0) is 20.0. The van der Waals surface area contributed by atoms with Crippen LogP contribution in [0.15, 0.2) is 12.7 Å². The molecule has 3 rings (SSSR count). The molecule has 0 aliphatic carbocycles. The van der Waals surface area contributed by atoms with Gasteiger partial charge < -0.3 is 35.4 Å². The molecule has 1 saturated heterocycles. The molecule has 5 atom stereocenters. The number of aliphatic hydroxyl groups excluding tert-OH is 2. The first kappa shape index (κ1) is 20.2. The number of aliphatic hydroxyl groups is 2. The number of ether oxygens (including phenoxy) is 1. The highest BCUT2D eigenvalue weighted by Crippen LogP contribution is 2.57. The second-order valence-corrected chi connectivity index (χ2v) is 8.35. The van der Waals surface area contributed by atoms with Gasteiger partial charge in [0.15, 0.2) is 18.5 Å². The van der Waals surface area contributed by atoms with Crippen molar-refractivity contribution in [2.45, 2.75) is 24.5 Å². The number of hydrogen-bond donors (Lipinski definition) is 7. The van der Waals surface area contributed by atoms with E-state index in [9.17, 15) is 24.2 Å². The van der Waals surface area contributed by atoms with Crippen LogP contribution in [0.1, 0.15) is 6.23 Å². The van der Waals surface area contributed by atoms with Crippen LogP contribution in [0.3, 0.4) is 0 Å². The van der Waals surface area contributed by atoms with Gasteiger partial charge in [0.25, 0.3) is 0 Å². The van der Waals surface area contributed by atoms with E-state index in [0.717, 1.165) is 0 Å². The monoisotopic (exact) mass is 428 g/mol. The van der Waals surface area contributed by atoms with Gasteiger partial charge in [-0.1, -0.05) is 4.98 Å². The Morgan fingerprint density at radius 2 is 1.96 bits per heavy atom. The lowest BCUT2D eigenvalue weighted by Gasteiger charge is -2.17. The Bertz CT molecular complexity index is 932. The van der Waals surface area contributed by atoms with E-state index in [0.29, 0.717) is 5.52 Å². The lowest BCUT2D eigenvalue weighted by Crippen LogP contribution is -2.45. The smallest absolute Gasteiger partial charge is 0.387 e. The normalized spacial score (nSPS) is 28.5. The molecule has 2 aromatic rings. The Morgan fingerprint density at radius 3 is 2.63 bits per heavy atom. The lowest BCUT2D eigenvalue weighted by molar-refractivity contribution is -0.745. The first-order valence-electron chi connectivity index (χ1n) is 7.23. The molecule has 0 aromatic carbocycles. The van der Waals surface area contributed by atoms with Gasteiger partial charge in [-0.15, -0.1) is 0 Å². The van der Waals surface area contributed by atoms with Gasteiger partial charge in [-0.25, -0.2) is 13.7 Å². The Hall–Kier alpha value is -1.51. The molecule has 8 N–H and O–H groups in total. The number of phosphoric ester groups is 1. The fourth-order valence-electron chi connectivity index (χ4n) is 2.54. The second-order valence-electron chi connectivity index (χ2n) is 5.52. The molecule has 1 aliphatic heterocycles. The summed E-state index contributed by atoms with van der Waals surface area (Å²) in [6.07, 6.45) is -2.98. The van der Waals surface area contributed by atoms with Crippen LogP contribution < -0.4 is 10.3 Å². The Labute approximate surface area is 150 Å². The molecule has 3 heterocycles. The van der Waals surface area contributed by atoms with Crippen LogP contribution in [-0.4, -0.2) is 64.8 Å². The van der Waals surface area contributed by atoms with Crippen LogP contribution in [0, 0.1) is 0 Å². The quantitative estimate of drug-likeness (QED) is 0.189. The average Bonchev–Trinajstić information content (AvgIpc) is 3.07. The number of rotatable bonds is 6. The standard InChI is InChI=1S/C10H15N5O10P2/c11-8-5-9(13-2-12-8)15(3-14-5)10-7(17)6(16)4(24-10)1-23-27(21,22)25-26(18,19)20/h2-4,6-7,10,16-17H,1H2,(H5,11,12,13,18,19,20,21,22)/p+1. The van der Waals surface area contributed by atoms with Crippen LogP contribution in [0.4, 0.5) is 5.82 Å². The molecule has 17 heteroatoms. The van der Waals surface area contributed by atoms with Crippen molar-refractivity contribution in [3.8, 4) is 0 Å². The molecule has 15 nitrogen and oxygen atoms in total. The van der Waals surface area contributed by atoms with Gasteiger partial charge >= 0.3 is 21.3 Å². The van der Waals surface area contributed by atoms with Crippen LogP contribution in [0.5, 0.6) is 0 Å². The highest BCUT2D eigenvalue weighted by atomic mass is 31.3. The average molecular weight is 428 g/mol. The summed E-state index contributed by atoms with van der Waals surface area (Å²) >= 11 is 0. The van der Waals surface area contributed by atoms with Crippen LogP contribution >= 0.6 is 15.6 Å². The number of imidazole rings is 1. The summed E-state index contributed by atoms with van der Waals surface area (Å²) in [5.41, 5.74) is 6.32. The third kappa shape index (κ3) is 4.33. The van der Waals surface area contributed by atoms with Crippen molar-refractivity contribution in [3.63, 3.8) is 0 Å². The molecule has 1 fully saturated rings. The number of aromatic nitrogens is 4. The Kier molecular flexibility index (Phi) is 5.35. The topological polar surface area (TPSA) is 234 Å². The Balaban J connectivity index is 1.75. The van der Waals surface area contributed by atoms with Crippen molar-refractivity contribution in [2.75, 3.05) is 12.3 Å². The summed E-state index contributed by atoms with van der Waals surface area (Å²) in [5, 5.41) is 20.3. The molecule has 2 aromatic heterocycles. The van der Waals surface area contributed by atoms with Gasteiger partial charge in [0, 0.05) is 0 Å². The minimum absolute atomic E-state index is 0.141. The van der Waals surface area contributed by atoms with E-state index in [-0.39, 0.29) is 11.5 Å². The van der Waals surface area contributed by atoms with Crippen LogP contribution in [-0.2, 0) is 22.7 Å². The molecule has 5 unspecified atom stereocenters. The van der Waals surface area contributed by atoms with E-state index in [1.54, 1.807) is 0 Å². The molecule has 1 aliphatic rings. The molecule has 0 bridgehead atoms. The summed E-state index contributed by atoms with van der Waals surface area (Å²) in [5.74, 6) is 0.141. The number of H-pyrrole nitrogens is 1. The van der Waals surface area contributed by atoms with Crippen molar-refractivity contribution in [1.29, 1.82) is 0 Å². The fraction of sp³-hybridized carbons (Fsp3) is 0.500. The largest absolute Gasteiger partial charge is 0.481 e. The molecule has 0 radical (unpaired) electrons. The van der Waals surface area contributed by atoms with Crippen molar-refractivity contribution < 1.29 is 52.2 Å². The van der Waals surface area contributed by atoms with Gasteiger partial charge in [-0.3, -0.25) is 9.51 Å². The van der Waals surface area contributed by atoms with Gasteiger partial charge in [-0.05, 0) is 0 Å². The molecular weight excluding hydrogens is 412 g/mol. The molecular formula is C10H16N5O10P2+. The highest BCUT2D eigenvalue weighted by molar-refractivity contribution is 7.60. The molecule has 0 spiro atoms. The summed E-state index contributed by atoms with van der Waals surface area (Å²) < 4.78 is 36.9. The van der Waals surface area contributed by atoms with Gasteiger partial charge in [-0.2, -0.15) is 9.29 Å². The molecule has 150 valence electrons. The maximum absolute atomic E-state index is 11.5. The predicted molar refractivity (Wildman–Crippen MR) is 83.3 cm³/mol. The number of nitrogens with two attached hydrogens (primary N) is 1. The van der Waals surface area contributed by atoms with Crippen molar-refractivity contribution in [2.24, 2.45) is 0 Å². The third-order valence-corrected chi connectivity index (χ3v) is 5.82. The fourth-order valence-corrected chi connectivity index (χ4v) is 4.13. The third-order valence-electron chi connectivity index (χ3n) is 3.67. The van der Waals surface area contributed by atoms with Crippen molar-refractivity contribution >= 4 is 32.6 Å². The van der Waals surface area contributed by atoms with Crippen LogP contribution in [0.25, 0.3) is 11.2 Å². The number of anilines is 1. The van der Waals surface area contributed by atoms with Crippen LogP contribution in [0.2, 0.25) is 0 Å². The van der Waals surface area contributed by atoms with Gasteiger partial charge in [0.2, 0.25) is 11.7 Å². The predicted octanol–water partition coefficient (Wildman–Crippen LogP) is -2.33. The number of aromatic amines is 1. The number of nitrogens with zero attached hydrogens (tertiary/aromatic N) is 3. The van der Waals surface area contributed by atoms with E-state index < -0.39 is 46.8 Å². The number of phosphoric acid groups is 2. The maximum Gasteiger partial charge on any atom is 0.481 e. The summed E-state index contributed by atoms with van der Waals surface area (Å²) in [6.45, 7) is -0.803. The van der Waals surface area contributed by atoms with E-state index in [2.05, 4.69) is 23.8 Å². The van der Waals surface area contributed by atoms with E-state index in [4.69, 9.17) is 20.3 Å². The van der Waals surface area contributed by atoms with E-state index in [1.807, 2.05) is 0 Å². The first-order chi connectivity index (χ1) is 12.5. The number of fused-ring (bicyclic) bond motifs is 1. The van der Waals surface area contributed by atoms with Gasteiger partial charge in [0.1, 0.15) is 18.3 Å². The second kappa shape index (κ2) is 7.14. The van der Waals surface area contributed by atoms with Gasteiger partial charge in [0.05, 0.1) is 6.61 Å².